The van der Waals surface area contributed by atoms with Gasteiger partial charge < -0.3 is 29.5 Å². The molecule has 3 aromatic rings. The third-order valence-corrected chi connectivity index (χ3v) is 6.04. The minimum absolute atomic E-state index is 0.134. The number of benzene rings is 2. The fourth-order valence-corrected chi connectivity index (χ4v) is 4.20. The van der Waals surface area contributed by atoms with Gasteiger partial charge >= 0.3 is 0 Å². The Bertz CT molecular complexity index is 1140. The molecule has 0 fully saturated rings. The van der Waals surface area contributed by atoms with E-state index in [1.165, 1.54) is 0 Å². The number of aromatic nitrogens is 2. The number of hydrogen-bond donors (Lipinski definition) is 2. The van der Waals surface area contributed by atoms with E-state index in [0.29, 0.717) is 13.2 Å². The number of imidazole rings is 1. The van der Waals surface area contributed by atoms with Crippen molar-refractivity contribution in [2.24, 2.45) is 5.10 Å². The lowest BCUT2D eigenvalue weighted by atomic mass is 9.96. The molecule has 2 N–H and O–H groups in total. The van der Waals surface area contributed by atoms with Crippen LogP contribution in [0.2, 0.25) is 0 Å². The summed E-state index contributed by atoms with van der Waals surface area (Å²) < 4.78 is 17.6. The molecule has 1 aromatic heterocycles. The lowest BCUT2D eigenvalue weighted by molar-refractivity contribution is 0.257. The molecule has 8 heteroatoms. The van der Waals surface area contributed by atoms with E-state index in [2.05, 4.69) is 32.5 Å². The van der Waals surface area contributed by atoms with Crippen LogP contribution >= 0.6 is 0 Å². The third kappa shape index (κ3) is 4.10. The maximum atomic E-state index is 6.19. The van der Waals surface area contributed by atoms with E-state index >= 15 is 0 Å². The van der Waals surface area contributed by atoms with Gasteiger partial charge in [0.1, 0.15) is 35.2 Å². The summed E-state index contributed by atoms with van der Waals surface area (Å²) >= 11 is 0. The molecule has 0 spiro atoms. The van der Waals surface area contributed by atoms with Crippen LogP contribution in [0.25, 0.3) is 11.0 Å². The van der Waals surface area contributed by atoms with Crippen molar-refractivity contribution < 1.29 is 14.2 Å². The van der Waals surface area contributed by atoms with Crippen molar-refractivity contribution in [3.05, 3.63) is 47.3 Å². The summed E-state index contributed by atoms with van der Waals surface area (Å²) in [6, 6.07) is 10.2. The van der Waals surface area contributed by atoms with E-state index in [4.69, 9.17) is 19.2 Å². The number of hydrazone groups is 1. The normalized spacial score (nSPS) is 19.6. The first-order valence-electron chi connectivity index (χ1n) is 11.0. The Morgan fingerprint density at radius 2 is 2.12 bits per heavy atom. The summed E-state index contributed by atoms with van der Waals surface area (Å²) in [5, 5.41) is 4.17. The van der Waals surface area contributed by atoms with Gasteiger partial charge in [-0.1, -0.05) is 0 Å². The van der Waals surface area contributed by atoms with E-state index in [1.807, 2.05) is 38.5 Å². The molecule has 32 heavy (non-hydrogen) atoms. The molecule has 2 aliphatic heterocycles. The van der Waals surface area contributed by atoms with Gasteiger partial charge in [-0.15, -0.1) is 0 Å². The Balaban J connectivity index is 1.47. The molecule has 8 nitrogen and oxygen atoms in total. The summed E-state index contributed by atoms with van der Waals surface area (Å²) in [4.78, 5) is 10.6. The number of fused-ring (bicyclic) bond motifs is 2. The van der Waals surface area contributed by atoms with Crippen molar-refractivity contribution in [3.63, 3.8) is 0 Å². The van der Waals surface area contributed by atoms with E-state index in [9.17, 15) is 0 Å². The second kappa shape index (κ2) is 8.70. The predicted molar refractivity (Wildman–Crippen MR) is 124 cm³/mol. The highest BCUT2D eigenvalue weighted by Crippen LogP contribution is 2.36. The Morgan fingerprint density at radius 1 is 1.22 bits per heavy atom. The zero-order valence-corrected chi connectivity index (χ0v) is 18.7. The molecule has 5 rings (SSSR count). The van der Waals surface area contributed by atoms with Crippen molar-refractivity contribution in [1.82, 2.24) is 20.3 Å². The molecule has 0 amide bonds. The molecule has 2 unspecified atom stereocenters. The Kier molecular flexibility index (Phi) is 5.61. The standard InChI is InChI=1S/C24H29N5O3/c1-29(2)6-7-31-22-11-15(18-12-25-26-13-18)10-20-23(22)28-24(27-20)17-8-16-9-19(30-3)4-5-21(16)32-14-17/h4-5,9-12,17-18,26H,6-8,13-14H2,1-3H3,(H,27,28). The SMILES string of the molecule is COc1ccc2c(c1)CC(c1nc3cc(C4C=NNC4)cc(OCCN(C)C)c3[nH]1)CO2. The van der Waals surface area contributed by atoms with Crippen LogP contribution in [0.3, 0.4) is 0 Å². The quantitative estimate of drug-likeness (QED) is 0.594. The zero-order chi connectivity index (χ0) is 22.1. The van der Waals surface area contributed by atoms with Crippen LogP contribution in [0.4, 0.5) is 0 Å². The molecule has 0 saturated carbocycles. The molecule has 3 heterocycles. The fourth-order valence-electron chi connectivity index (χ4n) is 4.20. The minimum atomic E-state index is 0.134. The maximum Gasteiger partial charge on any atom is 0.145 e. The summed E-state index contributed by atoms with van der Waals surface area (Å²) in [6.45, 7) is 2.82. The van der Waals surface area contributed by atoms with Gasteiger partial charge in [-0.25, -0.2) is 4.98 Å². The van der Waals surface area contributed by atoms with Crippen molar-refractivity contribution in [2.75, 3.05) is 47.5 Å². The maximum absolute atomic E-state index is 6.19. The highest BCUT2D eigenvalue weighted by Gasteiger charge is 2.26. The first kappa shape index (κ1) is 20.6. The van der Waals surface area contributed by atoms with Crippen molar-refractivity contribution >= 4 is 17.2 Å². The van der Waals surface area contributed by atoms with E-state index in [0.717, 1.165) is 64.7 Å². The van der Waals surface area contributed by atoms with Gasteiger partial charge in [0, 0.05) is 25.2 Å². The van der Waals surface area contributed by atoms with Gasteiger partial charge in [0.15, 0.2) is 0 Å². The number of nitrogens with one attached hydrogen (secondary N) is 2. The second-order valence-corrected chi connectivity index (χ2v) is 8.62. The average Bonchev–Trinajstić information content (AvgIpc) is 3.48. The van der Waals surface area contributed by atoms with E-state index < -0.39 is 0 Å². The van der Waals surface area contributed by atoms with Crippen LogP contribution in [0.5, 0.6) is 17.2 Å². The molecule has 2 aromatic carbocycles. The summed E-state index contributed by atoms with van der Waals surface area (Å²) in [7, 11) is 5.77. The first-order valence-corrected chi connectivity index (χ1v) is 11.0. The lowest BCUT2D eigenvalue weighted by Gasteiger charge is -2.24. The van der Waals surface area contributed by atoms with Crippen molar-refractivity contribution in [1.29, 1.82) is 0 Å². The van der Waals surface area contributed by atoms with E-state index in [1.54, 1.807) is 7.11 Å². The number of ether oxygens (including phenoxy) is 3. The predicted octanol–water partition coefficient (Wildman–Crippen LogP) is 2.90. The second-order valence-electron chi connectivity index (χ2n) is 8.62. The molecular weight excluding hydrogens is 406 g/mol. The van der Waals surface area contributed by atoms with E-state index in [-0.39, 0.29) is 11.8 Å². The first-order chi connectivity index (χ1) is 15.6. The Morgan fingerprint density at radius 3 is 2.91 bits per heavy atom. The molecule has 0 aliphatic carbocycles. The molecule has 0 saturated heterocycles. The number of methoxy groups -OCH3 is 1. The van der Waals surface area contributed by atoms with Crippen LogP contribution in [0, 0.1) is 0 Å². The van der Waals surface area contributed by atoms with Crippen LogP contribution in [-0.2, 0) is 6.42 Å². The Labute approximate surface area is 187 Å². The van der Waals surface area contributed by atoms with Gasteiger partial charge in [0.25, 0.3) is 0 Å². The topological polar surface area (TPSA) is 84.0 Å². The number of aromatic amines is 1. The summed E-state index contributed by atoms with van der Waals surface area (Å²) in [5.41, 5.74) is 7.17. The average molecular weight is 436 g/mol. The molecule has 0 radical (unpaired) electrons. The molecule has 0 bridgehead atoms. The highest BCUT2D eigenvalue weighted by molar-refractivity contribution is 5.85. The fraction of sp³-hybridized carbons (Fsp3) is 0.417. The van der Waals surface area contributed by atoms with Crippen LogP contribution in [0.15, 0.2) is 35.4 Å². The van der Waals surface area contributed by atoms with Crippen LogP contribution < -0.4 is 19.6 Å². The Hall–Kier alpha value is -3.26. The molecule has 168 valence electrons. The van der Waals surface area contributed by atoms with Gasteiger partial charge in [0.2, 0.25) is 0 Å². The summed E-state index contributed by atoms with van der Waals surface area (Å²) in [5.74, 6) is 3.85. The number of H-pyrrole nitrogens is 1. The summed E-state index contributed by atoms with van der Waals surface area (Å²) in [6.07, 6.45) is 2.78. The minimum Gasteiger partial charge on any atom is -0.497 e. The van der Waals surface area contributed by atoms with Crippen LogP contribution in [-0.4, -0.2) is 68.6 Å². The monoisotopic (exact) mass is 435 g/mol. The van der Waals surface area contributed by atoms with Crippen molar-refractivity contribution in [2.45, 2.75) is 18.3 Å². The van der Waals surface area contributed by atoms with Crippen molar-refractivity contribution in [3.8, 4) is 17.2 Å². The molecule has 2 aliphatic rings. The van der Waals surface area contributed by atoms with Gasteiger partial charge in [-0.2, -0.15) is 5.10 Å². The largest absolute Gasteiger partial charge is 0.497 e. The lowest BCUT2D eigenvalue weighted by Crippen LogP contribution is -2.20. The smallest absolute Gasteiger partial charge is 0.145 e. The third-order valence-electron chi connectivity index (χ3n) is 6.04. The number of hydrogen-bond acceptors (Lipinski definition) is 7. The van der Waals surface area contributed by atoms with Gasteiger partial charge in [-0.3, -0.25) is 0 Å². The van der Waals surface area contributed by atoms with Gasteiger partial charge in [-0.05, 0) is 62.0 Å². The van der Waals surface area contributed by atoms with Crippen LogP contribution in [0.1, 0.15) is 28.8 Å². The number of likely N-dealkylation sites (N-methyl/N-ethyl adjacent to an activating group) is 1. The molecule has 2 atom stereocenters. The highest BCUT2D eigenvalue weighted by atomic mass is 16.5. The van der Waals surface area contributed by atoms with Gasteiger partial charge in [0.05, 0.1) is 25.2 Å². The number of nitrogens with zero attached hydrogens (tertiary/aromatic N) is 3. The molecular formula is C24H29N5O3. The zero-order valence-electron chi connectivity index (χ0n) is 18.7. The number of rotatable bonds is 7.